The molecule has 0 aliphatic heterocycles. The minimum atomic E-state index is -4.94. The maximum Gasteiger partial charge on any atom is 0.423 e. The Hall–Kier alpha value is -3.72. The van der Waals surface area contributed by atoms with E-state index in [0.717, 1.165) is 0 Å². The molecule has 162 valence electrons. The average molecular weight is 440 g/mol. The minimum absolute atomic E-state index is 0.304. The van der Waals surface area contributed by atoms with Crippen molar-refractivity contribution in [1.29, 1.82) is 0 Å². The Morgan fingerprint density at radius 1 is 0.938 bits per heavy atom. The van der Waals surface area contributed by atoms with E-state index in [1.165, 1.54) is 64.1 Å². The van der Waals surface area contributed by atoms with Crippen LogP contribution >= 0.6 is 0 Å². The summed E-state index contributed by atoms with van der Waals surface area (Å²) in [7, 11) is 0. The van der Waals surface area contributed by atoms with Crippen molar-refractivity contribution in [2.75, 3.05) is 0 Å². The number of fused-ring (bicyclic) bond motifs is 2. The molecule has 2 aromatic carbocycles. The first kappa shape index (κ1) is 20.2. The first-order chi connectivity index (χ1) is 15.3. The van der Waals surface area contributed by atoms with Gasteiger partial charge in [-0.25, -0.2) is 9.07 Å². The average Bonchev–Trinajstić information content (AvgIpc) is 3.37. The number of benzene rings is 2. The van der Waals surface area contributed by atoms with E-state index < -0.39 is 24.1 Å². The third kappa shape index (κ3) is 3.21. The van der Waals surface area contributed by atoms with Crippen molar-refractivity contribution in [1.82, 2.24) is 19.3 Å². The Morgan fingerprint density at radius 2 is 1.72 bits per heavy atom. The summed E-state index contributed by atoms with van der Waals surface area (Å²) < 4.78 is 58.5. The molecule has 0 amide bonds. The SMILES string of the molecule is OC(Cn1ccc2ncccc21)(c1ccc2c(cnn2-c2ccc(F)cc2)c1)C(F)(F)F. The Labute approximate surface area is 179 Å². The van der Waals surface area contributed by atoms with Gasteiger partial charge in [0.25, 0.3) is 0 Å². The van der Waals surface area contributed by atoms with E-state index >= 15 is 0 Å². The molecule has 32 heavy (non-hydrogen) atoms. The van der Waals surface area contributed by atoms with Gasteiger partial charge in [-0.2, -0.15) is 18.3 Å². The van der Waals surface area contributed by atoms with E-state index in [1.807, 2.05) is 0 Å². The van der Waals surface area contributed by atoms with Crippen LogP contribution in [0.1, 0.15) is 5.56 Å². The molecule has 5 nitrogen and oxygen atoms in total. The van der Waals surface area contributed by atoms with E-state index in [4.69, 9.17) is 0 Å². The quantitative estimate of drug-likeness (QED) is 0.402. The molecule has 0 spiro atoms. The molecule has 0 saturated heterocycles. The number of nitrogens with zero attached hydrogens (tertiary/aromatic N) is 4. The molecule has 3 aromatic heterocycles. The van der Waals surface area contributed by atoms with Crippen molar-refractivity contribution in [2.24, 2.45) is 0 Å². The monoisotopic (exact) mass is 440 g/mol. The molecule has 0 aliphatic carbocycles. The maximum absolute atomic E-state index is 14.2. The molecular weight excluding hydrogens is 424 g/mol. The zero-order valence-electron chi connectivity index (χ0n) is 16.5. The Morgan fingerprint density at radius 3 is 2.47 bits per heavy atom. The first-order valence-electron chi connectivity index (χ1n) is 9.69. The van der Waals surface area contributed by atoms with Crippen LogP contribution in [0.4, 0.5) is 17.6 Å². The number of halogens is 4. The lowest BCUT2D eigenvalue weighted by Crippen LogP contribution is -2.45. The molecule has 1 N–H and O–H groups in total. The van der Waals surface area contributed by atoms with Gasteiger partial charge in [-0.05, 0) is 60.2 Å². The summed E-state index contributed by atoms with van der Waals surface area (Å²) in [5, 5.41) is 15.6. The van der Waals surface area contributed by atoms with E-state index in [9.17, 15) is 22.7 Å². The molecule has 0 radical (unpaired) electrons. The van der Waals surface area contributed by atoms with Gasteiger partial charge >= 0.3 is 6.18 Å². The lowest BCUT2D eigenvalue weighted by Gasteiger charge is -2.31. The first-order valence-corrected chi connectivity index (χ1v) is 9.69. The Balaban J connectivity index is 1.59. The molecule has 0 saturated carbocycles. The number of hydrogen-bond donors (Lipinski definition) is 1. The number of pyridine rings is 1. The maximum atomic E-state index is 14.2. The fraction of sp³-hybridized carbons (Fsp3) is 0.130. The summed E-state index contributed by atoms with van der Waals surface area (Å²) in [6.45, 7) is -0.733. The van der Waals surface area contributed by atoms with Gasteiger partial charge in [-0.1, -0.05) is 6.07 Å². The van der Waals surface area contributed by atoms with Gasteiger partial charge in [-0.15, -0.1) is 0 Å². The van der Waals surface area contributed by atoms with Crippen molar-refractivity contribution in [3.05, 3.63) is 90.6 Å². The van der Waals surface area contributed by atoms with E-state index in [1.54, 1.807) is 24.4 Å². The minimum Gasteiger partial charge on any atom is -0.375 e. The molecule has 1 atom stereocenters. The highest BCUT2D eigenvalue weighted by atomic mass is 19.4. The molecule has 1 unspecified atom stereocenters. The van der Waals surface area contributed by atoms with Gasteiger partial charge < -0.3 is 9.67 Å². The summed E-state index contributed by atoms with van der Waals surface area (Å²) in [4.78, 5) is 4.13. The van der Waals surface area contributed by atoms with Crippen LogP contribution in [-0.2, 0) is 12.1 Å². The van der Waals surface area contributed by atoms with Crippen molar-refractivity contribution in [3.8, 4) is 5.69 Å². The van der Waals surface area contributed by atoms with Crippen LogP contribution in [0, 0.1) is 5.82 Å². The number of rotatable bonds is 4. The highest BCUT2D eigenvalue weighted by Crippen LogP contribution is 2.42. The van der Waals surface area contributed by atoms with Crippen LogP contribution < -0.4 is 0 Å². The van der Waals surface area contributed by atoms with Crippen molar-refractivity contribution < 1.29 is 22.7 Å². The topological polar surface area (TPSA) is 55.9 Å². The zero-order valence-corrected chi connectivity index (χ0v) is 16.5. The molecule has 9 heteroatoms. The lowest BCUT2D eigenvalue weighted by molar-refractivity contribution is -0.271. The fourth-order valence-electron chi connectivity index (χ4n) is 3.83. The summed E-state index contributed by atoms with van der Waals surface area (Å²) >= 11 is 0. The number of alkyl halides is 3. The Kier molecular flexibility index (Phi) is 4.52. The van der Waals surface area contributed by atoms with Gasteiger partial charge in [0.15, 0.2) is 0 Å². The standard InChI is InChI=1S/C23H16F4N4O/c24-17-4-6-18(7-5-17)31-20-8-3-16(12-15(20)13-29-31)22(32,23(25,26)27)14-30-11-9-19-21(30)2-1-10-28-19/h1-13,32H,14H2. The normalized spacial score (nSPS) is 14.2. The van der Waals surface area contributed by atoms with Crippen LogP contribution in [0.2, 0.25) is 0 Å². The summed E-state index contributed by atoms with van der Waals surface area (Å²) in [5.41, 5.74) is -1.33. The van der Waals surface area contributed by atoms with Crippen molar-refractivity contribution in [2.45, 2.75) is 18.3 Å². The van der Waals surface area contributed by atoms with Gasteiger partial charge in [-0.3, -0.25) is 4.98 Å². The molecule has 0 bridgehead atoms. The van der Waals surface area contributed by atoms with Crippen molar-refractivity contribution in [3.63, 3.8) is 0 Å². The third-order valence-electron chi connectivity index (χ3n) is 5.52. The molecule has 0 aliphatic rings. The predicted octanol–water partition coefficient (Wildman–Crippen LogP) is 4.96. The van der Waals surface area contributed by atoms with E-state index in [-0.39, 0.29) is 5.56 Å². The van der Waals surface area contributed by atoms with Gasteiger partial charge in [0.1, 0.15) is 5.82 Å². The number of hydrogen-bond acceptors (Lipinski definition) is 3. The smallest absolute Gasteiger partial charge is 0.375 e. The Bertz CT molecular complexity index is 1420. The molecular formula is C23H16F4N4O. The third-order valence-corrected chi connectivity index (χ3v) is 5.52. The summed E-state index contributed by atoms with van der Waals surface area (Å²) in [5.74, 6) is -0.407. The predicted molar refractivity (Wildman–Crippen MR) is 111 cm³/mol. The summed E-state index contributed by atoms with van der Waals surface area (Å²) in [6.07, 6.45) is -0.505. The molecule has 5 aromatic rings. The second-order valence-electron chi connectivity index (χ2n) is 7.52. The largest absolute Gasteiger partial charge is 0.423 e. The van der Waals surface area contributed by atoms with Crippen LogP contribution in [-0.4, -0.2) is 30.6 Å². The second-order valence-corrected chi connectivity index (χ2v) is 7.52. The fourth-order valence-corrected chi connectivity index (χ4v) is 3.83. The van der Waals surface area contributed by atoms with Crippen LogP contribution in [0.25, 0.3) is 27.6 Å². The van der Waals surface area contributed by atoms with Crippen LogP contribution in [0.3, 0.4) is 0 Å². The van der Waals surface area contributed by atoms with E-state index in [2.05, 4.69) is 10.1 Å². The summed E-state index contributed by atoms with van der Waals surface area (Å²) in [6, 6.07) is 14.4. The van der Waals surface area contributed by atoms with Gasteiger partial charge in [0.05, 0.1) is 35.0 Å². The van der Waals surface area contributed by atoms with Crippen LogP contribution in [0.15, 0.2) is 79.3 Å². The van der Waals surface area contributed by atoms with Crippen LogP contribution in [0.5, 0.6) is 0 Å². The van der Waals surface area contributed by atoms with E-state index in [0.29, 0.717) is 27.6 Å². The molecule has 5 rings (SSSR count). The highest BCUT2D eigenvalue weighted by molar-refractivity contribution is 5.81. The highest BCUT2D eigenvalue weighted by Gasteiger charge is 2.55. The number of aliphatic hydroxyl groups is 1. The van der Waals surface area contributed by atoms with Gasteiger partial charge in [0, 0.05) is 17.8 Å². The number of aromatic nitrogens is 4. The molecule has 0 fully saturated rings. The molecule has 3 heterocycles. The van der Waals surface area contributed by atoms with Crippen molar-refractivity contribution >= 4 is 21.9 Å². The second kappa shape index (κ2) is 7.16. The lowest BCUT2D eigenvalue weighted by atomic mass is 9.92. The van der Waals surface area contributed by atoms with Gasteiger partial charge in [0.2, 0.25) is 5.60 Å². The zero-order chi connectivity index (χ0) is 22.5.